The van der Waals surface area contributed by atoms with Crippen molar-refractivity contribution in [3.05, 3.63) is 35.2 Å². The minimum absolute atomic E-state index is 0.0666. The summed E-state index contributed by atoms with van der Waals surface area (Å²) in [4.78, 5) is 15.5. The molecule has 1 aromatic carbocycles. The third-order valence-electron chi connectivity index (χ3n) is 3.23. The molecule has 1 aromatic rings. The summed E-state index contributed by atoms with van der Waals surface area (Å²) in [6.07, 6.45) is -6.18. The maximum absolute atomic E-state index is 12.9. The molecule has 1 fully saturated rings. The van der Waals surface area contributed by atoms with Crippen molar-refractivity contribution < 1.29 is 27.8 Å². The van der Waals surface area contributed by atoms with Crippen LogP contribution >= 0.6 is 0 Å². The fraction of sp³-hybridized carbons (Fsp3) is 0.385. The van der Waals surface area contributed by atoms with E-state index in [2.05, 4.69) is 4.85 Å². The molecule has 2 rings (SSSR count). The van der Waals surface area contributed by atoms with Gasteiger partial charge in [0.1, 0.15) is 12.1 Å². The van der Waals surface area contributed by atoms with E-state index in [0.717, 1.165) is 17.0 Å². The summed E-state index contributed by atoms with van der Waals surface area (Å²) >= 11 is 0. The second-order valence-electron chi connectivity index (χ2n) is 4.52. The third-order valence-corrected chi connectivity index (χ3v) is 3.23. The highest BCUT2D eigenvalue weighted by atomic mass is 19.4. The van der Waals surface area contributed by atoms with Crippen LogP contribution in [-0.2, 0) is 10.9 Å². The number of benzene rings is 1. The molecule has 0 radical (unpaired) electrons. The van der Waals surface area contributed by atoms with Gasteiger partial charge in [0.2, 0.25) is 0 Å². The Balaban J connectivity index is 2.51. The molecule has 0 unspecified atom stereocenters. The molecule has 0 aliphatic carbocycles. The smallest absolute Gasteiger partial charge is 0.415 e. The molecule has 5 nitrogen and oxygen atoms in total. The van der Waals surface area contributed by atoms with Crippen molar-refractivity contribution in [1.82, 2.24) is 0 Å². The van der Waals surface area contributed by atoms with Crippen molar-refractivity contribution >= 4 is 17.5 Å². The molecule has 0 bridgehead atoms. The number of nitrogens with zero attached hydrogens (tertiary/aromatic N) is 2. The van der Waals surface area contributed by atoms with Crippen LogP contribution in [0, 0.1) is 6.57 Å². The fourth-order valence-corrected chi connectivity index (χ4v) is 2.17. The molecular formula is C13H11F3N2O3. The van der Waals surface area contributed by atoms with Crippen LogP contribution < -0.4 is 4.90 Å². The lowest BCUT2D eigenvalue weighted by Crippen LogP contribution is -2.38. The molecule has 1 aliphatic heterocycles. The van der Waals surface area contributed by atoms with Crippen LogP contribution in [0.1, 0.15) is 12.5 Å². The van der Waals surface area contributed by atoms with Gasteiger partial charge in [0, 0.05) is 5.69 Å². The summed E-state index contributed by atoms with van der Waals surface area (Å²) in [6, 6.07) is 2.17. The van der Waals surface area contributed by atoms with Crippen LogP contribution in [-0.4, -0.2) is 30.0 Å². The summed E-state index contributed by atoms with van der Waals surface area (Å²) in [5.74, 6) is 0. The topological polar surface area (TPSA) is 54.1 Å². The summed E-state index contributed by atoms with van der Waals surface area (Å²) in [5, 5.41) is 9.27. The molecule has 1 N–H and O–H groups in total. The number of carbonyl (C=O) groups is 1. The van der Waals surface area contributed by atoms with Crippen molar-refractivity contribution in [3.8, 4) is 0 Å². The highest BCUT2D eigenvalue weighted by molar-refractivity contribution is 5.91. The zero-order valence-electron chi connectivity index (χ0n) is 10.9. The number of hydrogen-bond donors (Lipinski definition) is 1. The Labute approximate surface area is 118 Å². The van der Waals surface area contributed by atoms with Crippen LogP contribution in [0.3, 0.4) is 0 Å². The molecule has 112 valence electrons. The summed E-state index contributed by atoms with van der Waals surface area (Å²) in [6.45, 7) is 7.86. The van der Waals surface area contributed by atoms with Crippen LogP contribution in [0.15, 0.2) is 18.2 Å². The number of anilines is 1. The minimum Gasteiger partial charge on any atom is -0.444 e. The van der Waals surface area contributed by atoms with Crippen molar-refractivity contribution in [2.24, 2.45) is 0 Å². The first-order valence-corrected chi connectivity index (χ1v) is 5.99. The SMILES string of the molecule is [C-]#[N+]c1ccc(N2C(=O)O[C@@H](C)[C@@H]2CO)cc1C(F)(F)F. The molecule has 1 saturated heterocycles. The molecule has 21 heavy (non-hydrogen) atoms. The van der Waals surface area contributed by atoms with Gasteiger partial charge in [-0.2, -0.15) is 13.2 Å². The number of carbonyl (C=O) groups excluding carboxylic acids is 1. The molecule has 0 saturated carbocycles. The van der Waals surface area contributed by atoms with Crippen molar-refractivity contribution in [1.29, 1.82) is 0 Å². The Morgan fingerprint density at radius 1 is 1.48 bits per heavy atom. The van der Waals surface area contributed by atoms with E-state index in [4.69, 9.17) is 11.3 Å². The number of hydrogen-bond acceptors (Lipinski definition) is 3. The number of aliphatic hydroxyl groups is 1. The van der Waals surface area contributed by atoms with Gasteiger partial charge in [0.05, 0.1) is 18.7 Å². The minimum atomic E-state index is -4.71. The van der Waals surface area contributed by atoms with Gasteiger partial charge in [-0.05, 0) is 19.1 Å². The number of rotatable bonds is 2. The van der Waals surface area contributed by atoms with Gasteiger partial charge >= 0.3 is 12.3 Å². The summed E-state index contributed by atoms with van der Waals surface area (Å²) in [5.41, 5.74) is -1.74. The number of amides is 1. The fourth-order valence-electron chi connectivity index (χ4n) is 2.17. The Morgan fingerprint density at radius 3 is 2.67 bits per heavy atom. The van der Waals surface area contributed by atoms with E-state index in [1.165, 1.54) is 13.0 Å². The van der Waals surface area contributed by atoms with Gasteiger partial charge in [-0.3, -0.25) is 4.90 Å². The maximum atomic E-state index is 12.9. The van der Waals surface area contributed by atoms with E-state index in [0.29, 0.717) is 0 Å². The second-order valence-corrected chi connectivity index (χ2v) is 4.52. The quantitative estimate of drug-likeness (QED) is 0.854. The molecule has 1 heterocycles. The standard InChI is InChI=1S/C13H11F3N2O3/c1-7-11(6-19)18(12(20)21-7)8-3-4-10(17-2)9(5-8)13(14,15)16/h3-5,7,11,19H,6H2,1H3/t7-,11-/m0/s1. The van der Waals surface area contributed by atoms with Gasteiger partial charge in [-0.15, -0.1) is 0 Å². The molecule has 1 amide bonds. The maximum Gasteiger partial charge on any atom is 0.415 e. The largest absolute Gasteiger partial charge is 0.444 e. The normalized spacial score (nSPS) is 22.1. The average molecular weight is 300 g/mol. The van der Waals surface area contributed by atoms with Crippen LogP contribution in [0.25, 0.3) is 4.85 Å². The monoisotopic (exact) mass is 300 g/mol. The van der Waals surface area contributed by atoms with E-state index >= 15 is 0 Å². The van der Waals surface area contributed by atoms with Crippen LogP contribution in [0.5, 0.6) is 0 Å². The van der Waals surface area contributed by atoms with Gasteiger partial charge < -0.3 is 9.84 Å². The zero-order chi connectivity index (χ0) is 15.8. The van der Waals surface area contributed by atoms with Crippen molar-refractivity contribution in [3.63, 3.8) is 0 Å². The zero-order valence-corrected chi connectivity index (χ0v) is 10.9. The number of ether oxygens (including phenoxy) is 1. The lowest BCUT2D eigenvalue weighted by Gasteiger charge is -2.22. The number of aliphatic hydroxyl groups excluding tert-OH is 1. The highest BCUT2D eigenvalue weighted by Crippen LogP contribution is 2.40. The molecule has 1 aliphatic rings. The van der Waals surface area contributed by atoms with E-state index in [-0.39, 0.29) is 5.69 Å². The number of alkyl halides is 3. The number of cyclic esters (lactones) is 1. The lowest BCUT2D eigenvalue weighted by atomic mass is 10.1. The first kappa shape index (κ1) is 15.1. The summed E-state index contributed by atoms with van der Waals surface area (Å²) in [7, 11) is 0. The second kappa shape index (κ2) is 5.26. The Hall–Kier alpha value is -2.27. The predicted molar refractivity (Wildman–Crippen MR) is 67.0 cm³/mol. The molecular weight excluding hydrogens is 289 g/mol. The van der Waals surface area contributed by atoms with E-state index in [1.54, 1.807) is 0 Å². The van der Waals surface area contributed by atoms with Crippen LogP contribution in [0.2, 0.25) is 0 Å². The Kier molecular flexibility index (Phi) is 3.78. The third kappa shape index (κ3) is 2.64. The Morgan fingerprint density at radius 2 is 2.14 bits per heavy atom. The lowest BCUT2D eigenvalue weighted by molar-refractivity contribution is -0.136. The first-order valence-electron chi connectivity index (χ1n) is 5.99. The van der Waals surface area contributed by atoms with Gasteiger partial charge in [-0.1, -0.05) is 6.07 Å². The Bertz CT molecular complexity index is 610. The molecule has 0 aromatic heterocycles. The summed E-state index contributed by atoms with van der Waals surface area (Å²) < 4.78 is 43.7. The predicted octanol–water partition coefficient (Wildman–Crippen LogP) is 2.96. The van der Waals surface area contributed by atoms with Crippen molar-refractivity contribution in [2.75, 3.05) is 11.5 Å². The molecule has 8 heteroatoms. The van der Waals surface area contributed by atoms with Crippen molar-refractivity contribution in [2.45, 2.75) is 25.2 Å². The first-order chi connectivity index (χ1) is 9.79. The van der Waals surface area contributed by atoms with Gasteiger partial charge in [0.15, 0.2) is 5.69 Å². The highest BCUT2D eigenvalue weighted by Gasteiger charge is 2.41. The van der Waals surface area contributed by atoms with E-state index in [9.17, 15) is 23.1 Å². The molecule has 2 atom stereocenters. The van der Waals surface area contributed by atoms with Crippen LogP contribution in [0.4, 0.5) is 29.3 Å². The van der Waals surface area contributed by atoms with Gasteiger partial charge in [0.25, 0.3) is 0 Å². The number of halogens is 3. The van der Waals surface area contributed by atoms with Gasteiger partial charge in [-0.25, -0.2) is 9.64 Å². The molecule has 0 spiro atoms. The van der Waals surface area contributed by atoms with E-state index in [1.807, 2.05) is 0 Å². The average Bonchev–Trinajstić information content (AvgIpc) is 2.71. The van der Waals surface area contributed by atoms with E-state index < -0.39 is 42.3 Å².